The quantitative estimate of drug-likeness (QED) is 0.768. The van der Waals surface area contributed by atoms with Crippen molar-refractivity contribution in [3.8, 4) is 0 Å². The van der Waals surface area contributed by atoms with E-state index in [-0.39, 0.29) is 17.9 Å². The monoisotopic (exact) mass is 221 g/mol. The lowest BCUT2D eigenvalue weighted by molar-refractivity contribution is -0.0160. The lowest BCUT2D eigenvalue weighted by Crippen LogP contribution is -2.26. The van der Waals surface area contributed by atoms with Gasteiger partial charge in [-0.05, 0) is 18.4 Å². The zero-order valence-corrected chi connectivity index (χ0v) is 10.1. The first kappa shape index (κ1) is 11.4. The van der Waals surface area contributed by atoms with E-state index in [2.05, 4.69) is 20.8 Å². The molecule has 0 bridgehead atoms. The largest absolute Gasteiger partial charge is 0.354 e. The maximum Gasteiger partial charge on any atom is 0.252 e. The third kappa shape index (κ3) is 1.80. The van der Waals surface area contributed by atoms with E-state index in [1.54, 1.807) is 16.7 Å². The van der Waals surface area contributed by atoms with Crippen LogP contribution in [0.15, 0.2) is 29.2 Å². The fourth-order valence-corrected chi connectivity index (χ4v) is 2.46. The molecule has 0 radical (unpaired) electrons. The molecule has 16 heavy (non-hydrogen) atoms. The summed E-state index contributed by atoms with van der Waals surface area (Å²) in [5, 5.41) is 0. The number of aromatic nitrogens is 1. The van der Waals surface area contributed by atoms with Crippen LogP contribution < -0.4 is 5.56 Å². The summed E-state index contributed by atoms with van der Waals surface area (Å²) >= 11 is 0. The maximum absolute atomic E-state index is 11.7. The summed E-state index contributed by atoms with van der Waals surface area (Å²) in [6, 6.07) is 5.22. The van der Waals surface area contributed by atoms with Gasteiger partial charge in [-0.1, -0.05) is 26.8 Å². The first-order chi connectivity index (χ1) is 7.65. The number of pyridine rings is 1. The Morgan fingerprint density at radius 1 is 1.31 bits per heavy atom. The standard InChI is InChI=1S/C13H19NO2/c1-4-11-9(2)10(3)13(16-11)14-8-6-5-7-12(14)15/h5-11,13H,4H2,1-3H3/t9-,10?,11-,13-/m1/s1. The summed E-state index contributed by atoms with van der Waals surface area (Å²) < 4.78 is 7.67. The smallest absolute Gasteiger partial charge is 0.252 e. The van der Waals surface area contributed by atoms with Crippen molar-refractivity contribution in [1.82, 2.24) is 4.57 Å². The van der Waals surface area contributed by atoms with Gasteiger partial charge in [0.25, 0.3) is 5.56 Å². The first-order valence-corrected chi connectivity index (χ1v) is 5.97. The van der Waals surface area contributed by atoms with Crippen molar-refractivity contribution in [2.24, 2.45) is 11.8 Å². The van der Waals surface area contributed by atoms with E-state index in [9.17, 15) is 4.79 Å². The van der Waals surface area contributed by atoms with E-state index >= 15 is 0 Å². The van der Waals surface area contributed by atoms with Gasteiger partial charge < -0.3 is 4.74 Å². The van der Waals surface area contributed by atoms with Gasteiger partial charge in [0.1, 0.15) is 6.23 Å². The predicted molar refractivity (Wildman–Crippen MR) is 63.2 cm³/mol. The van der Waals surface area contributed by atoms with Crippen LogP contribution in [0.3, 0.4) is 0 Å². The lowest BCUT2D eigenvalue weighted by Gasteiger charge is -2.18. The number of rotatable bonds is 2. The summed E-state index contributed by atoms with van der Waals surface area (Å²) in [4.78, 5) is 11.7. The Balaban J connectivity index is 2.30. The van der Waals surface area contributed by atoms with E-state index in [4.69, 9.17) is 4.74 Å². The molecule has 0 aromatic carbocycles. The molecule has 0 amide bonds. The Morgan fingerprint density at radius 2 is 2.06 bits per heavy atom. The van der Waals surface area contributed by atoms with Crippen LogP contribution in [0.25, 0.3) is 0 Å². The SMILES string of the molecule is CC[C@H]1O[C@@H](n2ccccc2=O)C(C)[C@H]1C. The van der Waals surface area contributed by atoms with Gasteiger partial charge in [-0.3, -0.25) is 9.36 Å². The van der Waals surface area contributed by atoms with Crippen LogP contribution in [0.2, 0.25) is 0 Å². The molecule has 0 saturated carbocycles. The minimum absolute atomic E-state index is 0.0169. The highest BCUT2D eigenvalue weighted by atomic mass is 16.5. The molecule has 0 spiro atoms. The Bertz CT molecular complexity index is 412. The third-order valence-electron chi connectivity index (χ3n) is 3.71. The molecule has 2 rings (SSSR count). The molecule has 88 valence electrons. The zero-order valence-electron chi connectivity index (χ0n) is 10.1. The van der Waals surface area contributed by atoms with Crippen molar-refractivity contribution in [2.75, 3.05) is 0 Å². The van der Waals surface area contributed by atoms with Crippen molar-refractivity contribution < 1.29 is 4.74 Å². The summed E-state index contributed by atoms with van der Waals surface area (Å²) in [6.07, 6.45) is 2.98. The number of hydrogen-bond acceptors (Lipinski definition) is 2. The second-order valence-electron chi connectivity index (χ2n) is 4.64. The Labute approximate surface area is 96.0 Å². The third-order valence-corrected chi connectivity index (χ3v) is 3.71. The molecule has 1 saturated heterocycles. The Hall–Kier alpha value is -1.09. The fourth-order valence-electron chi connectivity index (χ4n) is 2.46. The van der Waals surface area contributed by atoms with Crippen molar-refractivity contribution >= 4 is 0 Å². The molecule has 2 heterocycles. The molecule has 3 nitrogen and oxygen atoms in total. The van der Waals surface area contributed by atoms with E-state index in [0.717, 1.165) is 6.42 Å². The Kier molecular flexibility index (Phi) is 3.15. The second kappa shape index (κ2) is 4.42. The molecule has 1 fully saturated rings. The van der Waals surface area contributed by atoms with E-state index in [1.165, 1.54) is 0 Å². The molecule has 0 aliphatic carbocycles. The normalized spacial score (nSPS) is 34.2. The van der Waals surface area contributed by atoms with Gasteiger partial charge >= 0.3 is 0 Å². The molecule has 1 aliphatic heterocycles. The highest BCUT2D eigenvalue weighted by molar-refractivity contribution is 4.96. The summed E-state index contributed by atoms with van der Waals surface area (Å²) in [6.45, 7) is 6.49. The molecule has 4 atom stereocenters. The van der Waals surface area contributed by atoms with Gasteiger partial charge in [0.05, 0.1) is 6.10 Å². The van der Waals surface area contributed by atoms with E-state index < -0.39 is 0 Å². The van der Waals surface area contributed by atoms with Gasteiger partial charge in [-0.25, -0.2) is 0 Å². The molecule has 1 aromatic rings. The average Bonchev–Trinajstić information content (AvgIpc) is 2.57. The van der Waals surface area contributed by atoms with E-state index in [1.807, 2.05) is 12.3 Å². The molecule has 1 aromatic heterocycles. The minimum atomic E-state index is -0.103. The van der Waals surface area contributed by atoms with E-state index in [0.29, 0.717) is 11.8 Å². The van der Waals surface area contributed by atoms with Crippen LogP contribution in [0.4, 0.5) is 0 Å². The molecule has 1 unspecified atom stereocenters. The molecule has 3 heteroatoms. The molecule has 1 aliphatic rings. The van der Waals surface area contributed by atoms with Gasteiger partial charge in [0.2, 0.25) is 0 Å². The maximum atomic E-state index is 11.7. The average molecular weight is 221 g/mol. The minimum Gasteiger partial charge on any atom is -0.354 e. The predicted octanol–water partition coefficient (Wildman–Crippen LogP) is 2.43. The van der Waals surface area contributed by atoms with Gasteiger partial charge in [0, 0.05) is 18.2 Å². The van der Waals surface area contributed by atoms with Gasteiger partial charge in [-0.15, -0.1) is 0 Å². The Morgan fingerprint density at radius 3 is 2.62 bits per heavy atom. The number of hydrogen-bond donors (Lipinski definition) is 0. The zero-order chi connectivity index (χ0) is 11.7. The number of ether oxygens (including phenoxy) is 1. The summed E-state index contributed by atoms with van der Waals surface area (Å²) in [5.41, 5.74) is 0.0169. The van der Waals surface area contributed by atoms with Gasteiger partial charge in [-0.2, -0.15) is 0 Å². The number of nitrogens with zero attached hydrogens (tertiary/aromatic N) is 1. The fraction of sp³-hybridized carbons (Fsp3) is 0.615. The molecule has 0 N–H and O–H groups in total. The van der Waals surface area contributed by atoms with Gasteiger partial charge in [0.15, 0.2) is 0 Å². The summed E-state index contributed by atoms with van der Waals surface area (Å²) in [5.74, 6) is 0.882. The first-order valence-electron chi connectivity index (χ1n) is 5.97. The highest BCUT2D eigenvalue weighted by Crippen LogP contribution is 2.39. The van der Waals surface area contributed by atoms with Crippen molar-refractivity contribution in [1.29, 1.82) is 0 Å². The van der Waals surface area contributed by atoms with Crippen LogP contribution in [-0.4, -0.2) is 10.7 Å². The second-order valence-corrected chi connectivity index (χ2v) is 4.64. The van der Waals surface area contributed by atoms with Crippen molar-refractivity contribution in [3.63, 3.8) is 0 Å². The van der Waals surface area contributed by atoms with Crippen molar-refractivity contribution in [3.05, 3.63) is 34.7 Å². The van der Waals surface area contributed by atoms with Crippen LogP contribution in [-0.2, 0) is 4.74 Å². The topological polar surface area (TPSA) is 31.2 Å². The highest BCUT2D eigenvalue weighted by Gasteiger charge is 2.39. The van der Waals surface area contributed by atoms with Crippen LogP contribution in [0.5, 0.6) is 0 Å². The van der Waals surface area contributed by atoms with Crippen LogP contribution >= 0.6 is 0 Å². The molecular formula is C13H19NO2. The lowest BCUT2D eigenvalue weighted by atomic mass is 9.91. The van der Waals surface area contributed by atoms with Crippen molar-refractivity contribution in [2.45, 2.75) is 39.5 Å². The van der Waals surface area contributed by atoms with Crippen LogP contribution in [0, 0.1) is 11.8 Å². The van der Waals surface area contributed by atoms with Crippen LogP contribution in [0.1, 0.15) is 33.4 Å². The summed E-state index contributed by atoms with van der Waals surface area (Å²) in [7, 11) is 0. The molecular weight excluding hydrogens is 202 g/mol.